The van der Waals surface area contributed by atoms with Crippen molar-refractivity contribution in [1.82, 2.24) is 10.3 Å². The first-order valence-corrected chi connectivity index (χ1v) is 9.67. The van der Waals surface area contributed by atoms with Gasteiger partial charge in [0.1, 0.15) is 5.82 Å². The van der Waals surface area contributed by atoms with Crippen molar-refractivity contribution in [2.24, 2.45) is 0 Å². The van der Waals surface area contributed by atoms with E-state index in [2.05, 4.69) is 10.3 Å². The molecular formula is C25H21FN2O. The molecule has 0 spiro atoms. The summed E-state index contributed by atoms with van der Waals surface area (Å²) in [7, 11) is 0. The maximum Gasteiger partial charge on any atom is 0.252 e. The van der Waals surface area contributed by atoms with E-state index in [9.17, 15) is 9.18 Å². The van der Waals surface area contributed by atoms with E-state index in [1.165, 1.54) is 12.1 Å². The van der Waals surface area contributed by atoms with Gasteiger partial charge in [0.2, 0.25) is 0 Å². The van der Waals surface area contributed by atoms with Crippen LogP contribution in [0.1, 0.15) is 35.3 Å². The number of benzene rings is 3. The Hall–Kier alpha value is -3.53. The molecule has 1 heterocycles. The van der Waals surface area contributed by atoms with Gasteiger partial charge < -0.3 is 5.32 Å². The summed E-state index contributed by atoms with van der Waals surface area (Å²) in [5.41, 5.74) is 3.50. The Morgan fingerprint density at radius 2 is 1.72 bits per heavy atom. The summed E-state index contributed by atoms with van der Waals surface area (Å²) in [6.45, 7) is 2.04. The van der Waals surface area contributed by atoms with Crippen LogP contribution in [0, 0.1) is 5.82 Å². The lowest BCUT2D eigenvalue weighted by Gasteiger charge is -2.18. The first kappa shape index (κ1) is 18.8. The molecule has 1 amide bonds. The van der Waals surface area contributed by atoms with Crippen LogP contribution < -0.4 is 5.32 Å². The molecule has 1 N–H and O–H groups in total. The minimum absolute atomic E-state index is 0.0896. The van der Waals surface area contributed by atoms with Crippen LogP contribution >= 0.6 is 0 Å². The summed E-state index contributed by atoms with van der Waals surface area (Å²) in [4.78, 5) is 17.9. The van der Waals surface area contributed by atoms with Gasteiger partial charge in [-0.2, -0.15) is 0 Å². The Kier molecular flexibility index (Phi) is 5.34. The van der Waals surface area contributed by atoms with E-state index >= 15 is 0 Å². The van der Waals surface area contributed by atoms with E-state index in [4.69, 9.17) is 0 Å². The first-order valence-electron chi connectivity index (χ1n) is 9.67. The topological polar surface area (TPSA) is 42.0 Å². The monoisotopic (exact) mass is 384 g/mol. The lowest BCUT2D eigenvalue weighted by molar-refractivity contribution is 0.0937. The number of para-hydroxylation sites is 1. The van der Waals surface area contributed by atoms with Gasteiger partial charge >= 0.3 is 0 Å². The molecule has 4 aromatic rings. The third-order valence-electron chi connectivity index (χ3n) is 5.00. The molecule has 1 aromatic heterocycles. The number of hydrogen-bond acceptors (Lipinski definition) is 2. The number of nitrogens with one attached hydrogen (secondary N) is 1. The summed E-state index contributed by atoms with van der Waals surface area (Å²) >= 11 is 0. The van der Waals surface area contributed by atoms with E-state index in [0.29, 0.717) is 22.3 Å². The van der Waals surface area contributed by atoms with Gasteiger partial charge in [0, 0.05) is 10.9 Å². The van der Waals surface area contributed by atoms with E-state index in [1.807, 2.05) is 61.5 Å². The lowest BCUT2D eigenvalue weighted by Crippen LogP contribution is -2.28. The van der Waals surface area contributed by atoms with Gasteiger partial charge in [0.15, 0.2) is 0 Å². The number of carbonyl (C=O) groups excluding carboxylic acids is 1. The Morgan fingerprint density at radius 3 is 2.48 bits per heavy atom. The predicted molar refractivity (Wildman–Crippen MR) is 114 cm³/mol. The predicted octanol–water partition coefficient (Wildman–Crippen LogP) is 5.92. The molecule has 0 fully saturated rings. The van der Waals surface area contributed by atoms with Crippen LogP contribution in [0.15, 0.2) is 84.9 Å². The SMILES string of the molecule is CCC(NC(=O)c1cc(-c2cccc(F)c2)nc2ccccc12)c1ccccc1. The fourth-order valence-electron chi connectivity index (χ4n) is 3.50. The van der Waals surface area contributed by atoms with Crippen molar-refractivity contribution in [2.75, 3.05) is 0 Å². The maximum absolute atomic E-state index is 13.7. The molecule has 1 unspecified atom stereocenters. The summed E-state index contributed by atoms with van der Waals surface area (Å²) in [6, 6.07) is 25.3. The van der Waals surface area contributed by atoms with Gasteiger partial charge in [-0.05, 0) is 36.2 Å². The van der Waals surface area contributed by atoms with Crippen LogP contribution in [0.3, 0.4) is 0 Å². The maximum atomic E-state index is 13.7. The number of aromatic nitrogens is 1. The third kappa shape index (κ3) is 4.02. The second-order valence-corrected chi connectivity index (χ2v) is 6.93. The highest BCUT2D eigenvalue weighted by atomic mass is 19.1. The number of fused-ring (bicyclic) bond motifs is 1. The molecule has 4 heteroatoms. The fraction of sp³-hybridized carbons (Fsp3) is 0.120. The minimum Gasteiger partial charge on any atom is -0.345 e. The highest BCUT2D eigenvalue weighted by molar-refractivity contribution is 6.07. The van der Waals surface area contributed by atoms with Crippen molar-refractivity contribution in [3.05, 3.63) is 102 Å². The number of halogens is 1. The number of nitrogens with zero attached hydrogens (tertiary/aromatic N) is 1. The van der Waals surface area contributed by atoms with Crippen molar-refractivity contribution in [1.29, 1.82) is 0 Å². The molecule has 4 rings (SSSR count). The van der Waals surface area contributed by atoms with Gasteiger partial charge in [-0.3, -0.25) is 4.79 Å². The van der Waals surface area contributed by atoms with Gasteiger partial charge in [-0.25, -0.2) is 9.37 Å². The number of rotatable bonds is 5. The molecular weight excluding hydrogens is 363 g/mol. The van der Waals surface area contributed by atoms with Crippen molar-refractivity contribution < 1.29 is 9.18 Å². The molecule has 3 aromatic carbocycles. The fourth-order valence-corrected chi connectivity index (χ4v) is 3.50. The van der Waals surface area contributed by atoms with Gasteiger partial charge in [-0.1, -0.05) is 67.6 Å². The molecule has 144 valence electrons. The second kappa shape index (κ2) is 8.23. The van der Waals surface area contributed by atoms with Crippen LogP contribution in [-0.2, 0) is 0 Å². The summed E-state index contributed by atoms with van der Waals surface area (Å²) in [5.74, 6) is -0.504. The number of pyridine rings is 1. The molecule has 0 aliphatic carbocycles. The molecule has 0 aliphatic rings. The van der Waals surface area contributed by atoms with Crippen LogP contribution in [-0.4, -0.2) is 10.9 Å². The van der Waals surface area contributed by atoms with E-state index < -0.39 is 0 Å². The average molecular weight is 384 g/mol. The Bertz CT molecular complexity index is 1160. The zero-order chi connectivity index (χ0) is 20.2. The van der Waals surface area contributed by atoms with E-state index in [1.54, 1.807) is 18.2 Å². The molecule has 29 heavy (non-hydrogen) atoms. The normalized spacial score (nSPS) is 11.9. The summed E-state index contributed by atoms with van der Waals surface area (Å²) in [6.07, 6.45) is 0.773. The number of carbonyl (C=O) groups is 1. The zero-order valence-corrected chi connectivity index (χ0v) is 16.1. The van der Waals surface area contributed by atoms with E-state index in [-0.39, 0.29) is 17.8 Å². The molecule has 0 radical (unpaired) electrons. The summed E-state index contributed by atoms with van der Waals surface area (Å²) in [5, 5.41) is 3.91. The van der Waals surface area contributed by atoms with Crippen LogP contribution in [0.25, 0.3) is 22.2 Å². The van der Waals surface area contributed by atoms with Crippen molar-refractivity contribution in [3.8, 4) is 11.3 Å². The molecule has 0 saturated heterocycles. The highest BCUT2D eigenvalue weighted by Crippen LogP contribution is 2.26. The Morgan fingerprint density at radius 1 is 0.966 bits per heavy atom. The van der Waals surface area contributed by atoms with Crippen LogP contribution in [0.4, 0.5) is 4.39 Å². The second-order valence-electron chi connectivity index (χ2n) is 6.93. The lowest BCUT2D eigenvalue weighted by atomic mass is 10.0. The molecule has 0 bridgehead atoms. The Balaban J connectivity index is 1.76. The van der Waals surface area contributed by atoms with E-state index in [0.717, 1.165) is 17.4 Å². The largest absolute Gasteiger partial charge is 0.345 e. The zero-order valence-electron chi connectivity index (χ0n) is 16.1. The smallest absolute Gasteiger partial charge is 0.252 e. The number of hydrogen-bond donors (Lipinski definition) is 1. The molecule has 1 atom stereocenters. The average Bonchev–Trinajstić information content (AvgIpc) is 2.77. The third-order valence-corrected chi connectivity index (χ3v) is 5.00. The van der Waals surface area contributed by atoms with Gasteiger partial charge in [0.25, 0.3) is 5.91 Å². The minimum atomic E-state index is -0.335. The quantitative estimate of drug-likeness (QED) is 0.464. The molecule has 0 saturated carbocycles. The standard InChI is InChI=1S/C25H21FN2O/c1-2-22(17-9-4-3-5-10-17)28-25(29)21-16-24(18-11-8-12-19(26)15-18)27-23-14-7-6-13-20(21)23/h3-16,22H,2H2,1H3,(H,28,29). The van der Waals surface area contributed by atoms with Crippen molar-refractivity contribution in [2.45, 2.75) is 19.4 Å². The first-order chi connectivity index (χ1) is 14.2. The molecule has 3 nitrogen and oxygen atoms in total. The van der Waals surface area contributed by atoms with Gasteiger partial charge in [0.05, 0.1) is 22.8 Å². The van der Waals surface area contributed by atoms with Crippen molar-refractivity contribution >= 4 is 16.8 Å². The number of amides is 1. The Labute approximate surface area is 169 Å². The highest BCUT2D eigenvalue weighted by Gasteiger charge is 2.18. The van der Waals surface area contributed by atoms with Crippen LogP contribution in [0.2, 0.25) is 0 Å². The van der Waals surface area contributed by atoms with Gasteiger partial charge in [-0.15, -0.1) is 0 Å². The molecule has 0 aliphatic heterocycles. The van der Waals surface area contributed by atoms with Crippen molar-refractivity contribution in [3.63, 3.8) is 0 Å². The van der Waals surface area contributed by atoms with Crippen LogP contribution in [0.5, 0.6) is 0 Å². The summed E-state index contributed by atoms with van der Waals surface area (Å²) < 4.78 is 13.7.